The number of unbranched alkanes of at least 4 members (excludes halogenated alkanes) is 2. The van der Waals surface area contributed by atoms with E-state index in [1.54, 1.807) is 4.90 Å². The molecule has 2 rings (SSSR count). The minimum Gasteiger partial charge on any atom is -0.481 e. The Morgan fingerprint density at radius 2 is 1.83 bits per heavy atom. The number of para-hydroxylation sites is 1. The van der Waals surface area contributed by atoms with Crippen molar-refractivity contribution < 1.29 is 19.8 Å². The Balaban J connectivity index is 2.17. The van der Waals surface area contributed by atoms with E-state index in [9.17, 15) is 19.8 Å². The van der Waals surface area contributed by atoms with Crippen LogP contribution in [0.3, 0.4) is 0 Å². The number of rotatable bonds is 8. The normalized spacial score (nSPS) is 23.0. The van der Waals surface area contributed by atoms with E-state index in [1.807, 2.05) is 36.4 Å². The molecular weight excluding hydrogens is 306 g/mol. The number of anilines is 1. The van der Waals surface area contributed by atoms with Crippen molar-refractivity contribution >= 4 is 17.6 Å². The highest BCUT2D eigenvalue weighted by atomic mass is 16.4. The molecule has 0 bridgehead atoms. The lowest BCUT2D eigenvalue weighted by Crippen LogP contribution is -2.40. The number of aliphatic hydroxyl groups excluding tert-OH is 1. The highest BCUT2D eigenvalue weighted by Crippen LogP contribution is 2.35. The summed E-state index contributed by atoms with van der Waals surface area (Å²) in [7, 11) is 0. The summed E-state index contributed by atoms with van der Waals surface area (Å²) in [4.78, 5) is 26.1. The predicted molar refractivity (Wildman–Crippen MR) is 92.7 cm³/mol. The molecule has 130 valence electrons. The van der Waals surface area contributed by atoms with Crippen molar-refractivity contribution in [2.24, 2.45) is 11.8 Å². The van der Waals surface area contributed by atoms with Gasteiger partial charge in [0.1, 0.15) is 0 Å². The first-order valence-corrected chi connectivity index (χ1v) is 8.42. The third kappa shape index (κ3) is 4.45. The molecule has 0 aliphatic heterocycles. The van der Waals surface area contributed by atoms with Gasteiger partial charge in [-0.3, -0.25) is 9.59 Å². The molecule has 1 saturated carbocycles. The van der Waals surface area contributed by atoms with Gasteiger partial charge in [0.2, 0.25) is 5.91 Å². The quantitative estimate of drug-likeness (QED) is 0.567. The predicted octanol–water partition coefficient (Wildman–Crippen LogP) is 2.85. The SMILES string of the molecule is C=CCCCCN(C(=O)[C@@H]1C[C@@H](O)C[C@H]1C(=O)O)c1ccccc1. The number of carbonyl (C=O) groups is 2. The topological polar surface area (TPSA) is 77.8 Å². The van der Waals surface area contributed by atoms with Gasteiger partial charge < -0.3 is 15.1 Å². The van der Waals surface area contributed by atoms with Crippen LogP contribution in [0.25, 0.3) is 0 Å². The summed E-state index contributed by atoms with van der Waals surface area (Å²) >= 11 is 0. The Hall–Kier alpha value is -2.14. The average molecular weight is 331 g/mol. The summed E-state index contributed by atoms with van der Waals surface area (Å²) in [5.74, 6) is -2.70. The fourth-order valence-corrected chi connectivity index (χ4v) is 3.29. The lowest BCUT2D eigenvalue weighted by Gasteiger charge is -2.27. The fraction of sp³-hybridized carbons (Fsp3) is 0.474. The molecular formula is C19H25NO4. The standard InChI is InChI=1S/C19H25NO4/c1-2-3-4-8-11-20(14-9-6-5-7-10-14)18(22)16-12-15(21)13-17(16)19(23)24/h2,5-7,9-10,15-17,21H,1,3-4,8,11-13H2,(H,23,24)/t15-,16-,17-/m1/s1. The van der Waals surface area contributed by atoms with Crippen LogP contribution in [0.1, 0.15) is 32.1 Å². The highest BCUT2D eigenvalue weighted by molar-refractivity contribution is 5.97. The van der Waals surface area contributed by atoms with Crippen molar-refractivity contribution in [2.45, 2.75) is 38.2 Å². The van der Waals surface area contributed by atoms with Gasteiger partial charge in [0, 0.05) is 12.2 Å². The number of aliphatic carboxylic acids is 1. The van der Waals surface area contributed by atoms with Gasteiger partial charge in [0.05, 0.1) is 17.9 Å². The number of hydrogen-bond donors (Lipinski definition) is 2. The molecule has 24 heavy (non-hydrogen) atoms. The number of carbonyl (C=O) groups excluding carboxylic acids is 1. The Morgan fingerprint density at radius 3 is 2.46 bits per heavy atom. The van der Waals surface area contributed by atoms with E-state index >= 15 is 0 Å². The van der Waals surface area contributed by atoms with Gasteiger partial charge in [-0.05, 0) is 44.2 Å². The Morgan fingerprint density at radius 1 is 1.17 bits per heavy atom. The third-order valence-electron chi connectivity index (χ3n) is 4.55. The van der Waals surface area contributed by atoms with E-state index in [4.69, 9.17) is 0 Å². The van der Waals surface area contributed by atoms with Crippen LogP contribution in [0.2, 0.25) is 0 Å². The number of carboxylic acid groups (broad SMARTS) is 1. The van der Waals surface area contributed by atoms with Gasteiger partial charge in [-0.15, -0.1) is 6.58 Å². The molecule has 1 aliphatic carbocycles. The Kier molecular flexibility index (Phi) is 6.55. The second-order valence-corrected chi connectivity index (χ2v) is 6.29. The molecule has 0 saturated heterocycles. The molecule has 0 radical (unpaired) electrons. The number of benzene rings is 1. The molecule has 1 fully saturated rings. The summed E-state index contributed by atoms with van der Waals surface area (Å²) in [5.41, 5.74) is 0.770. The van der Waals surface area contributed by atoms with Crippen molar-refractivity contribution in [3.63, 3.8) is 0 Å². The van der Waals surface area contributed by atoms with Crippen molar-refractivity contribution in [3.8, 4) is 0 Å². The second-order valence-electron chi connectivity index (χ2n) is 6.29. The van der Waals surface area contributed by atoms with Gasteiger partial charge in [-0.25, -0.2) is 0 Å². The van der Waals surface area contributed by atoms with Crippen LogP contribution in [-0.2, 0) is 9.59 Å². The molecule has 1 amide bonds. The third-order valence-corrected chi connectivity index (χ3v) is 4.55. The van der Waals surface area contributed by atoms with Crippen molar-refractivity contribution in [2.75, 3.05) is 11.4 Å². The molecule has 1 aromatic carbocycles. The van der Waals surface area contributed by atoms with Gasteiger partial charge in [-0.1, -0.05) is 24.3 Å². The summed E-state index contributed by atoms with van der Waals surface area (Å²) in [5, 5.41) is 19.2. The van der Waals surface area contributed by atoms with Crippen LogP contribution in [0.5, 0.6) is 0 Å². The van der Waals surface area contributed by atoms with Crippen molar-refractivity contribution in [1.82, 2.24) is 0 Å². The fourth-order valence-electron chi connectivity index (χ4n) is 3.29. The minimum absolute atomic E-state index is 0.144. The van der Waals surface area contributed by atoms with E-state index in [0.717, 1.165) is 24.9 Å². The molecule has 0 unspecified atom stereocenters. The summed E-state index contributed by atoms with van der Waals surface area (Å²) in [6.45, 7) is 4.24. The first-order chi connectivity index (χ1) is 11.5. The van der Waals surface area contributed by atoms with Crippen LogP contribution in [0, 0.1) is 11.8 Å². The van der Waals surface area contributed by atoms with E-state index in [-0.39, 0.29) is 18.7 Å². The zero-order valence-electron chi connectivity index (χ0n) is 13.8. The van der Waals surface area contributed by atoms with Crippen LogP contribution >= 0.6 is 0 Å². The smallest absolute Gasteiger partial charge is 0.307 e. The van der Waals surface area contributed by atoms with Gasteiger partial charge in [0.15, 0.2) is 0 Å². The summed E-state index contributed by atoms with van der Waals surface area (Å²) in [6, 6.07) is 9.30. The first kappa shape index (κ1) is 18.2. The van der Waals surface area contributed by atoms with Crippen LogP contribution < -0.4 is 4.90 Å². The average Bonchev–Trinajstić information content (AvgIpc) is 2.97. The van der Waals surface area contributed by atoms with Crippen LogP contribution in [0.15, 0.2) is 43.0 Å². The number of nitrogens with zero attached hydrogens (tertiary/aromatic N) is 1. The largest absolute Gasteiger partial charge is 0.481 e. The van der Waals surface area contributed by atoms with E-state index in [2.05, 4.69) is 6.58 Å². The zero-order chi connectivity index (χ0) is 17.5. The van der Waals surface area contributed by atoms with E-state index in [1.165, 1.54) is 0 Å². The maximum Gasteiger partial charge on any atom is 0.307 e. The second kappa shape index (κ2) is 8.64. The zero-order valence-corrected chi connectivity index (χ0v) is 13.8. The number of aliphatic hydroxyl groups is 1. The lowest BCUT2D eigenvalue weighted by atomic mass is 9.94. The lowest BCUT2D eigenvalue weighted by molar-refractivity contribution is -0.145. The monoisotopic (exact) mass is 331 g/mol. The van der Waals surface area contributed by atoms with Crippen LogP contribution in [-0.4, -0.2) is 34.7 Å². The number of carboxylic acids is 1. The first-order valence-electron chi connectivity index (χ1n) is 8.42. The summed E-state index contributed by atoms with van der Waals surface area (Å²) in [6.07, 6.45) is 4.11. The van der Waals surface area contributed by atoms with E-state index < -0.39 is 23.9 Å². The Bertz CT molecular complexity index is 572. The van der Waals surface area contributed by atoms with Gasteiger partial charge in [0.25, 0.3) is 0 Å². The molecule has 0 spiro atoms. The molecule has 5 heteroatoms. The van der Waals surface area contributed by atoms with Gasteiger partial charge >= 0.3 is 5.97 Å². The van der Waals surface area contributed by atoms with Gasteiger partial charge in [-0.2, -0.15) is 0 Å². The van der Waals surface area contributed by atoms with E-state index in [0.29, 0.717) is 6.54 Å². The molecule has 5 nitrogen and oxygen atoms in total. The maximum absolute atomic E-state index is 13.0. The summed E-state index contributed by atoms with van der Waals surface area (Å²) < 4.78 is 0. The number of amides is 1. The van der Waals surface area contributed by atoms with Crippen molar-refractivity contribution in [1.29, 1.82) is 0 Å². The molecule has 3 atom stereocenters. The molecule has 1 aromatic rings. The van der Waals surface area contributed by atoms with Crippen molar-refractivity contribution in [3.05, 3.63) is 43.0 Å². The maximum atomic E-state index is 13.0. The Labute approximate surface area is 142 Å². The molecule has 2 N–H and O–H groups in total. The number of hydrogen-bond acceptors (Lipinski definition) is 3. The molecule has 0 heterocycles. The van der Waals surface area contributed by atoms with Crippen LogP contribution in [0.4, 0.5) is 5.69 Å². The number of allylic oxidation sites excluding steroid dienone is 1. The highest BCUT2D eigenvalue weighted by Gasteiger charge is 2.43. The molecule has 1 aliphatic rings. The molecule has 0 aromatic heterocycles. The minimum atomic E-state index is -1.01.